The molecule has 2 aromatic rings. The summed E-state index contributed by atoms with van der Waals surface area (Å²) in [5.41, 5.74) is 3.34. The summed E-state index contributed by atoms with van der Waals surface area (Å²) in [6.07, 6.45) is 0. The molecule has 0 aliphatic rings. The first-order valence-electron chi connectivity index (χ1n) is 6.84. The Hall–Kier alpha value is -1.87. The first-order chi connectivity index (χ1) is 9.60. The normalized spacial score (nSPS) is 10.6. The van der Waals surface area contributed by atoms with Gasteiger partial charge in [0.05, 0.1) is 0 Å². The molecular weight excluding hydrogens is 253 g/mol. The second kappa shape index (κ2) is 6.53. The molecule has 2 rings (SSSR count). The van der Waals surface area contributed by atoms with Crippen LogP contribution in [-0.4, -0.2) is 6.54 Å². The lowest BCUT2D eigenvalue weighted by molar-refractivity contribution is 0.441. The molecule has 106 valence electrons. The lowest BCUT2D eigenvalue weighted by atomic mass is 10.1. The van der Waals surface area contributed by atoms with E-state index in [9.17, 15) is 4.39 Å². The molecule has 0 aromatic heterocycles. The van der Waals surface area contributed by atoms with Crippen LogP contribution in [0.1, 0.15) is 23.6 Å². The number of aryl methyl sites for hydroxylation is 2. The van der Waals surface area contributed by atoms with Gasteiger partial charge < -0.3 is 10.1 Å². The third-order valence-electron chi connectivity index (χ3n) is 3.19. The lowest BCUT2D eigenvalue weighted by Gasteiger charge is -2.11. The fraction of sp³-hybridized carbons (Fsp3) is 0.294. The van der Waals surface area contributed by atoms with Crippen molar-refractivity contribution in [2.24, 2.45) is 0 Å². The number of benzene rings is 2. The fourth-order valence-electron chi connectivity index (χ4n) is 2.01. The zero-order valence-electron chi connectivity index (χ0n) is 12.2. The number of nitrogens with one attached hydrogen (secondary N) is 1. The molecule has 0 bridgehead atoms. The van der Waals surface area contributed by atoms with Crippen molar-refractivity contribution in [2.75, 3.05) is 6.54 Å². The highest BCUT2D eigenvalue weighted by Gasteiger charge is 2.06. The maximum absolute atomic E-state index is 13.7. The highest BCUT2D eigenvalue weighted by atomic mass is 19.1. The summed E-state index contributed by atoms with van der Waals surface area (Å²) in [6, 6.07) is 10.7. The topological polar surface area (TPSA) is 21.3 Å². The molecular formula is C17H20FNO. The van der Waals surface area contributed by atoms with Gasteiger partial charge in [-0.15, -0.1) is 0 Å². The van der Waals surface area contributed by atoms with Crippen LogP contribution in [0.5, 0.6) is 11.5 Å². The Balaban J connectivity index is 2.17. The van der Waals surface area contributed by atoms with Crippen LogP contribution >= 0.6 is 0 Å². The van der Waals surface area contributed by atoms with E-state index in [4.69, 9.17) is 4.74 Å². The summed E-state index contributed by atoms with van der Waals surface area (Å²) in [5.74, 6) is 0.584. The second-order valence-electron chi connectivity index (χ2n) is 4.90. The summed E-state index contributed by atoms with van der Waals surface area (Å²) in [4.78, 5) is 0. The average molecular weight is 273 g/mol. The molecule has 20 heavy (non-hydrogen) atoms. The first-order valence-corrected chi connectivity index (χ1v) is 6.84. The minimum Gasteiger partial charge on any atom is -0.454 e. The molecule has 2 nitrogen and oxygen atoms in total. The molecule has 0 aliphatic heterocycles. The third-order valence-corrected chi connectivity index (χ3v) is 3.19. The minimum absolute atomic E-state index is 0.267. The van der Waals surface area contributed by atoms with Gasteiger partial charge in [-0.1, -0.05) is 19.1 Å². The molecule has 0 fully saturated rings. The Kier molecular flexibility index (Phi) is 4.74. The standard InChI is InChI=1S/C17H20FNO/c1-4-19-11-14-6-7-15(10-13(14)3)20-17-9-12(2)5-8-16(17)18/h5-10,19H,4,11H2,1-3H3. The van der Waals surface area contributed by atoms with Crippen molar-refractivity contribution in [3.8, 4) is 11.5 Å². The van der Waals surface area contributed by atoms with Crippen LogP contribution in [0.2, 0.25) is 0 Å². The van der Waals surface area contributed by atoms with E-state index in [0.717, 1.165) is 24.2 Å². The van der Waals surface area contributed by atoms with Crippen LogP contribution in [0.4, 0.5) is 4.39 Å². The molecule has 3 heteroatoms. The highest BCUT2D eigenvalue weighted by molar-refractivity contribution is 5.39. The summed E-state index contributed by atoms with van der Waals surface area (Å²) in [6.45, 7) is 7.80. The van der Waals surface area contributed by atoms with E-state index in [1.807, 2.05) is 32.0 Å². The van der Waals surface area contributed by atoms with Gasteiger partial charge in [-0.2, -0.15) is 0 Å². The Morgan fingerprint density at radius 3 is 2.60 bits per heavy atom. The summed E-state index contributed by atoms with van der Waals surface area (Å²) in [5, 5.41) is 3.29. The van der Waals surface area contributed by atoms with Crippen LogP contribution in [-0.2, 0) is 6.54 Å². The van der Waals surface area contributed by atoms with E-state index in [-0.39, 0.29) is 11.6 Å². The van der Waals surface area contributed by atoms with Gasteiger partial charge in [0.2, 0.25) is 0 Å². The Morgan fingerprint density at radius 2 is 1.90 bits per heavy atom. The van der Waals surface area contributed by atoms with Crippen LogP contribution in [0.25, 0.3) is 0 Å². The molecule has 0 heterocycles. The lowest BCUT2D eigenvalue weighted by Crippen LogP contribution is -2.12. The SMILES string of the molecule is CCNCc1ccc(Oc2cc(C)ccc2F)cc1C. The largest absolute Gasteiger partial charge is 0.454 e. The summed E-state index contributed by atoms with van der Waals surface area (Å²) in [7, 11) is 0. The molecule has 2 aromatic carbocycles. The van der Waals surface area contributed by atoms with Gasteiger partial charge in [0.15, 0.2) is 11.6 Å². The predicted molar refractivity (Wildman–Crippen MR) is 79.8 cm³/mol. The molecule has 0 unspecified atom stereocenters. The molecule has 1 N–H and O–H groups in total. The smallest absolute Gasteiger partial charge is 0.165 e. The molecule has 0 spiro atoms. The number of hydrogen-bond donors (Lipinski definition) is 1. The average Bonchev–Trinajstić information content (AvgIpc) is 2.42. The second-order valence-corrected chi connectivity index (χ2v) is 4.90. The zero-order chi connectivity index (χ0) is 14.5. The minimum atomic E-state index is -0.343. The summed E-state index contributed by atoms with van der Waals surface area (Å²) >= 11 is 0. The zero-order valence-corrected chi connectivity index (χ0v) is 12.2. The van der Waals surface area contributed by atoms with Gasteiger partial charge in [0, 0.05) is 6.54 Å². The van der Waals surface area contributed by atoms with Gasteiger partial charge in [-0.3, -0.25) is 0 Å². The van der Waals surface area contributed by atoms with Crippen molar-refractivity contribution in [2.45, 2.75) is 27.3 Å². The van der Waals surface area contributed by atoms with Crippen LogP contribution in [0, 0.1) is 19.7 Å². The summed E-state index contributed by atoms with van der Waals surface area (Å²) < 4.78 is 19.3. The van der Waals surface area contributed by atoms with Gasteiger partial charge in [0.1, 0.15) is 5.75 Å². The fourth-order valence-corrected chi connectivity index (χ4v) is 2.01. The van der Waals surface area contributed by atoms with Crippen molar-refractivity contribution in [1.29, 1.82) is 0 Å². The number of rotatable bonds is 5. The van der Waals surface area contributed by atoms with Gasteiger partial charge in [-0.25, -0.2) is 4.39 Å². The van der Waals surface area contributed by atoms with Crippen molar-refractivity contribution in [1.82, 2.24) is 5.32 Å². The van der Waals surface area contributed by atoms with Crippen molar-refractivity contribution >= 4 is 0 Å². The molecule has 0 atom stereocenters. The predicted octanol–water partition coefficient (Wildman–Crippen LogP) is 4.34. The Labute approximate surface area is 119 Å². The van der Waals surface area contributed by atoms with Crippen molar-refractivity contribution < 1.29 is 9.13 Å². The van der Waals surface area contributed by atoms with E-state index in [1.165, 1.54) is 11.6 Å². The number of ether oxygens (including phenoxy) is 1. The Bertz CT molecular complexity index is 596. The molecule has 0 amide bonds. The van der Waals surface area contributed by atoms with Crippen molar-refractivity contribution in [3.05, 3.63) is 58.9 Å². The maximum Gasteiger partial charge on any atom is 0.165 e. The van der Waals surface area contributed by atoms with Gasteiger partial charge in [0.25, 0.3) is 0 Å². The molecule has 0 radical (unpaired) electrons. The number of halogens is 1. The quantitative estimate of drug-likeness (QED) is 0.874. The van der Waals surface area contributed by atoms with E-state index in [2.05, 4.69) is 12.2 Å². The third kappa shape index (κ3) is 3.58. The van der Waals surface area contributed by atoms with E-state index < -0.39 is 0 Å². The monoisotopic (exact) mass is 273 g/mol. The van der Waals surface area contributed by atoms with E-state index >= 15 is 0 Å². The molecule has 0 saturated heterocycles. The van der Waals surface area contributed by atoms with E-state index in [0.29, 0.717) is 5.75 Å². The van der Waals surface area contributed by atoms with Crippen molar-refractivity contribution in [3.63, 3.8) is 0 Å². The van der Waals surface area contributed by atoms with Crippen LogP contribution in [0.3, 0.4) is 0 Å². The van der Waals surface area contributed by atoms with Gasteiger partial charge in [-0.05, 0) is 61.3 Å². The molecule has 0 saturated carbocycles. The van der Waals surface area contributed by atoms with Crippen LogP contribution in [0.15, 0.2) is 36.4 Å². The van der Waals surface area contributed by atoms with E-state index in [1.54, 1.807) is 12.1 Å². The highest BCUT2D eigenvalue weighted by Crippen LogP contribution is 2.27. The molecule has 0 aliphatic carbocycles. The van der Waals surface area contributed by atoms with Crippen LogP contribution < -0.4 is 10.1 Å². The maximum atomic E-state index is 13.7. The Morgan fingerprint density at radius 1 is 1.10 bits per heavy atom. The van der Waals surface area contributed by atoms with Gasteiger partial charge >= 0.3 is 0 Å². The first kappa shape index (κ1) is 14.5. The number of hydrogen-bond acceptors (Lipinski definition) is 2.